The van der Waals surface area contributed by atoms with Gasteiger partial charge in [0.15, 0.2) is 0 Å². The van der Waals surface area contributed by atoms with Crippen molar-refractivity contribution in [2.75, 3.05) is 12.4 Å². The van der Waals surface area contributed by atoms with E-state index in [0.717, 1.165) is 5.56 Å². The number of benzene rings is 1. The fourth-order valence-electron chi connectivity index (χ4n) is 1.82. The molecule has 1 atom stereocenters. The maximum atomic E-state index is 11.9. The molecule has 1 aromatic rings. The number of nitrogens with one attached hydrogen (secondary N) is 1. The van der Waals surface area contributed by atoms with Crippen LogP contribution in [0.5, 0.6) is 5.75 Å². The minimum absolute atomic E-state index is 0.0375. The number of hydrogen-bond donors (Lipinski definition) is 2. The topological polar surface area (TPSA) is 75.6 Å². The lowest BCUT2D eigenvalue weighted by molar-refractivity contribution is -0.138. The number of aliphatic carboxylic acids is 1. The minimum atomic E-state index is -0.912. The summed E-state index contributed by atoms with van der Waals surface area (Å²) >= 11 is 5.98. The summed E-state index contributed by atoms with van der Waals surface area (Å²) in [5.41, 5.74) is 1.35. The molecule has 1 amide bonds. The van der Waals surface area contributed by atoms with E-state index in [0.29, 0.717) is 16.5 Å². The van der Waals surface area contributed by atoms with E-state index >= 15 is 0 Å². The van der Waals surface area contributed by atoms with E-state index < -0.39 is 5.97 Å². The Morgan fingerprint density at radius 2 is 2.05 bits per heavy atom. The van der Waals surface area contributed by atoms with E-state index in [-0.39, 0.29) is 24.7 Å². The monoisotopic (exact) mass is 299 g/mol. The molecule has 110 valence electrons. The van der Waals surface area contributed by atoms with Crippen molar-refractivity contribution in [3.05, 3.63) is 22.7 Å². The Morgan fingerprint density at radius 3 is 2.60 bits per heavy atom. The van der Waals surface area contributed by atoms with Crippen LogP contribution in [0.1, 0.15) is 25.3 Å². The molecule has 0 fully saturated rings. The van der Waals surface area contributed by atoms with Gasteiger partial charge in [0, 0.05) is 23.9 Å². The summed E-state index contributed by atoms with van der Waals surface area (Å²) in [6.07, 6.45) is 0.0985. The zero-order valence-corrected chi connectivity index (χ0v) is 12.5. The third-order valence-electron chi connectivity index (χ3n) is 2.81. The third-order valence-corrected chi connectivity index (χ3v) is 3.22. The molecule has 0 saturated heterocycles. The van der Waals surface area contributed by atoms with Crippen LogP contribution in [0.2, 0.25) is 5.02 Å². The molecule has 1 unspecified atom stereocenters. The predicted octanol–water partition coefficient (Wildman–Crippen LogP) is 3.10. The Kier molecular flexibility index (Phi) is 5.82. The van der Waals surface area contributed by atoms with Crippen molar-refractivity contribution < 1.29 is 19.4 Å². The number of carboxylic acids is 1. The number of rotatable bonds is 6. The summed E-state index contributed by atoms with van der Waals surface area (Å²) in [4.78, 5) is 22.4. The first-order valence-electron chi connectivity index (χ1n) is 6.19. The van der Waals surface area contributed by atoms with Crippen LogP contribution >= 0.6 is 11.6 Å². The first-order chi connectivity index (χ1) is 9.33. The van der Waals surface area contributed by atoms with E-state index in [2.05, 4.69) is 5.32 Å². The maximum Gasteiger partial charge on any atom is 0.303 e. The Bertz CT molecular complexity index is 516. The minimum Gasteiger partial charge on any atom is -0.495 e. The molecule has 5 nitrogen and oxygen atoms in total. The summed E-state index contributed by atoms with van der Waals surface area (Å²) in [5, 5.41) is 11.9. The third kappa shape index (κ3) is 4.74. The molecule has 0 saturated carbocycles. The molecule has 0 radical (unpaired) electrons. The number of halogens is 1. The summed E-state index contributed by atoms with van der Waals surface area (Å²) in [6.45, 7) is 3.54. The molecular weight excluding hydrogens is 282 g/mol. The summed E-state index contributed by atoms with van der Waals surface area (Å²) in [5.74, 6) is -0.921. The molecule has 0 aliphatic rings. The van der Waals surface area contributed by atoms with Crippen molar-refractivity contribution in [1.29, 1.82) is 0 Å². The van der Waals surface area contributed by atoms with Gasteiger partial charge >= 0.3 is 5.97 Å². The van der Waals surface area contributed by atoms with Crippen molar-refractivity contribution in [3.8, 4) is 5.75 Å². The molecule has 0 spiro atoms. The van der Waals surface area contributed by atoms with Gasteiger partial charge in [-0.2, -0.15) is 0 Å². The fraction of sp³-hybridized carbons (Fsp3) is 0.429. The van der Waals surface area contributed by atoms with Gasteiger partial charge in [-0.1, -0.05) is 18.5 Å². The standard InChI is InChI=1S/C14H18ClNO4/c1-8(5-14(18)19)4-13(17)16-11-6-9(2)10(15)7-12(11)20-3/h6-8H,4-5H2,1-3H3,(H,16,17)(H,18,19). The van der Waals surface area contributed by atoms with E-state index in [4.69, 9.17) is 21.4 Å². The highest BCUT2D eigenvalue weighted by molar-refractivity contribution is 6.31. The number of ether oxygens (including phenoxy) is 1. The van der Waals surface area contributed by atoms with Gasteiger partial charge in [-0.15, -0.1) is 0 Å². The highest BCUT2D eigenvalue weighted by Gasteiger charge is 2.15. The molecule has 1 aromatic carbocycles. The van der Waals surface area contributed by atoms with Gasteiger partial charge in [0.2, 0.25) is 5.91 Å². The van der Waals surface area contributed by atoms with Gasteiger partial charge in [0.1, 0.15) is 5.75 Å². The lowest BCUT2D eigenvalue weighted by atomic mass is 10.0. The number of hydrogen-bond acceptors (Lipinski definition) is 3. The molecule has 20 heavy (non-hydrogen) atoms. The average molecular weight is 300 g/mol. The van der Waals surface area contributed by atoms with E-state index in [1.54, 1.807) is 19.1 Å². The average Bonchev–Trinajstić information content (AvgIpc) is 2.32. The van der Waals surface area contributed by atoms with E-state index in [1.165, 1.54) is 7.11 Å². The molecule has 0 aliphatic carbocycles. The van der Waals surface area contributed by atoms with Gasteiger partial charge in [-0.3, -0.25) is 9.59 Å². The number of aryl methyl sites for hydroxylation is 1. The second-order valence-corrected chi connectivity index (χ2v) is 5.16. The quantitative estimate of drug-likeness (QED) is 0.846. The largest absolute Gasteiger partial charge is 0.495 e. The molecule has 6 heteroatoms. The summed E-state index contributed by atoms with van der Waals surface area (Å²) in [7, 11) is 1.49. The Morgan fingerprint density at radius 1 is 1.40 bits per heavy atom. The summed E-state index contributed by atoms with van der Waals surface area (Å²) in [6, 6.07) is 3.36. The molecule has 0 aliphatic heterocycles. The normalized spacial score (nSPS) is 11.8. The maximum absolute atomic E-state index is 11.9. The molecule has 1 rings (SSSR count). The molecular formula is C14H18ClNO4. The lowest BCUT2D eigenvalue weighted by Crippen LogP contribution is -2.17. The fourth-order valence-corrected chi connectivity index (χ4v) is 1.97. The summed E-state index contributed by atoms with van der Waals surface area (Å²) < 4.78 is 5.16. The smallest absolute Gasteiger partial charge is 0.303 e. The number of carbonyl (C=O) groups excluding carboxylic acids is 1. The predicted molar refractivity (Wildman–Crippen MR) is 77.4 cm³/mol. The van der Waals surface area contributed by atoms with Gasteiger partial charge in [-0.25, -0.2) is 0 Å². The zero-order valence-electron chi connectivity index (χ0n) is 11.7. The first-order valence-corrected chi connectivity index (χ1v) is 6.57. The van der Waals surface area contributed by atoms with Crippen molar-refractivity contribution in [3.63, 3.8) is 0 Å². The Balaban J connectivity index is 2.75. The van der Waals surface area contributed by atoms with Crippen LogP contribution in [0, 0.1) is 12.8 Å². The van der Waals surface area contributed by atoms with Gasteiger partial charge < -0.3 is 15.2 Å². The van der Waals surface area contributed by atoms with Crippen LogP contribution < -0.4 is 10.1 Å². The second kappa shape index (κ2) is 7.14. The SMILES string of the molecule is COc1cc(Cl)c(C)cc1NC(=O)CC(C)CC(=O)O. The van der Waals surface area contributed by atoms with Crippen LogP contribution in [0.4, 0.5) is 5.69 Å². The number of anilines is 1. The Hall–Kier alpha value is -1.75. The molecule has 0 bridgehead atoms. The van der Waals surface area contributed by atoms with Crippen LogP contribution in [-0.2, 0) is 9.59 Å². The van der Waals surface area contributed by atoms with Crippen molar-refractivity contribution in [2.24, 2.45) is 5.92 Å². The lowest BCUT2D eigenvalue weighted by Gasteiger charge is -2.13. The van der Waals surface area contributed by atoms with Crippen LogP contribution in [0.15, 0.2) is 12.1 Å². The van der Waals surface area contributed by atoms with E-state index in [9.17, 15) is 9.59 Å². The number of carboxylic acid groups (broad SMARTS) is 1. The number of amides is 1. The highest BCUT2D eigenvalue weighted by Crippen LogP contribution is 2.31. The first kappa shape index (κ1) is 16.3. The molecule has 0 aromatic heterocycles. The van der Waals surface area contributed by atoms with Gasteiger partial charge in [-0.05, 0) is 24.5 Å². The van der Waals surface area contributed by atoms with Crippen molar-refractivity contribution in [2.45, 2.75) is 26.7 Å². The zero-order chi connectivity index (χ0) is 15.3. The number of carbonyl (C=O) groups is 2. The van der Waals surface area contributed by atoms with Crippen molar-refractivity contribution >= 4 is 29.2 Å². The second-order valence-electron chi connectivity index (χ2n) is 4.76. The van der Waals surface area contributed by atoms with Crippen LogP contribution in [0.3, 0.4) is 0 Å². The Labute approximate surface area is 122 Å². The van der Waals surface area contributed by atoms with Crippen molar-refractivity contribution in [1.82, 2.24) is 0 Å². The molecule has 2 N–H and O–H groups in total. The molecule has 0 heterocycles. The van der Waals surface area contributed by atoms with E-state index in [1.807, 2.05) is 6.92 Å². The van der Waals surface area contributed by atoms with Crippen LogP contribution in [-0.4, -0.2) is 24.1 Å². The van der Waals surface area contributed by atoms with Gasteiger partial charge in [0.25, 0.3) is 0 Å². The number of methoxy groups -OCH3 is 1. The highest BCUT2D eigenvalue weighted by atomic mass is 35.5. The van der Waals surface area contributed by atoms with Crippen LogP contribution in [0.25, 0.3) is 0 Å². The van der Waals surface area contributed by atoms with Gasteiger partial charge in [0.05, 0.1) is 12.8 Å².